The lowest BCUT2D eigenvalue weighted by molar-refractivity contribution is -0.383. The van der Waals surface area contributed by atoms with Gasteiger partial charge in [0.25, 0.3) is 11.2 Å². The predicted octanol–water partition coefficient (Wildman–Crippen LogP) is 2.58. The fourth-order valence-electron chi connectivity index (χ4n) is 2.81. The van der Waals surface area contributed by atoms with E-state index in [2.05, 4.69) is 22.2 Å². The van der Waals surface area contributed by atoms with Gasteiger partial charge in [-0.25, -0.2) is 4.98 Å². The third-order valence-corrected chi connectivity index (χ3v) is 4.34. The SMILES string of the molecule is CCC1(Nc2cc3nc[nH]c(=O)c3cc2[N+](=O)[O-])CCC1. The zero-order chi connectivity index (χ0) is 15.0. The number of aromatic nitrogens is 2. The second kappa shape index (κ2) is 4.83. The summed E-state index contributed by atoms with van der Waals surface area (Å²) in [6, 6.07) is 2.89. The summed E-state index contributed by atoms with van der Waals surface area (Å²) in [5, 5.41) is 14.8. The van der Waals surface area contributed by atoms with Gasteiger partial charge in [-0.05, 0) is 31.7 Å². The summed E-state index contributed by atoms with van der Waals surface area (Å²) in [5.74, 6) is 0. The van der Waals surface area contributed by atoms with Gasteiger partial charge in [0, 0.05) is 11.6 Å². The maximum absolute atomic E-state index is 11.7. The normalized spacial score (nSPS) is 16.4. The van der Waals surface area contributed by atoms with Crippen LogP contribution < -0.4 is 10.9 Å². The molecular formula is C14H16N4O3. The molecule has 1 fully saturated rings. The van der Waals surface area contributed by atoms with Crippen molar-refractivity contribution in [1.29, 1.82) is 0 Å². The summed E-state index contributed by atoms with van der Waals surface area (Å²) in [6.07, 6.45) is 5.34. The van der Waals surface area contributed by atoms with Crippen molar-refractivity contribution in [2.75, 3.05) is 5.32 Å². The molecule has 1 heterocycles. The highest BCUT2D eigenvalue weighted by Crippen LogP contribution is 2.40. The number of nitrogens with one attached hydrogen (secondary N) is 2. The monoisotopic (exact) mass is 288 g/mol. The van der Waals surface area contributed by atoms with Crippen LogP contribution in [0.1, 0.15) is 32.6 Å². The molecule has 0 aliphatic heterocycles. The highest BCUT2D eigenvalue weighted by atomic mass is 16.6. The van der Waals surface area contributed by atoms with Gasteiger partial charge < -0.3 is 10.3 Å². The highest BCUT2D eigenvalue weighted by molar-refractivity contribution is 5.86. The summed E-state index contributed by atoms with van der Waals surface area (Å²) in [4.78, 5) is 29.1. The Balaban J connectivity index is 2.14. The van der Waals surface area contributed by atoms with Gasteiger partial charge in [0.05, 0.1) is 22.2 Å². The first kappa shape index (κ1) is 13.5. The minimum atomic E-state index is -0.462. The van der Waals surface area contributed by atoms with Crippen molar-refractivity contribution >= 4 is 22.3 Å². The Morgan fingerprint density at radius 1 is 1.48 bits per heavy atom. The van der Waals surface area contributed by atoms with E-state index in [4.69, 9.17) is 0 Å². The number of anilines is 1. The lowest BCUT2D eigenvalue weighted by Gasteiger charge is -2.42. The zero-order valence-corrected chi connectivity index (χ0v) is 11.7. The molecule has 7 nitrogen and oxygen atoms in total. The molecule has 21 heavy (non-hydrogen) atoms. The van der Waals surface area contributed by atoms with Gasteiger partial charge in [0.15, 0.2) is 0 Å². The quantitative estimate of drug-likeness (QED) is 0.665. The minimum Gasteiger partial charge on any atom is -0.374 e. The molecule has 1 aromatic heterocycles. The van der Waals surface area contributed by atoms with Crippen LogP contribution >= 0.6 is 0 Å². The van der Waals surface area contributed by atoms with Gasteiger partial charge in [0.1, 0.15) is 5.69 Å². The van der Waals surface area contributed by atoms with Gasteiger partial charge in [-0.15, -0.1) is 0 Å². The highest BCUT2D eigenvalue weighted by Gasteiger charge is 2.36. The molecule has 0 radical (unpaired) electrons. The number of benzene rings is 1. The summed E-state index contributed by atoms with van der Waals surface area (Å²) in [5.41, 5.74) is 0.369. The minimum absolute atomic E-state index is 0.0698. The maximum Gasteiger partial charge on any atom is 0.293 e. The van der Waals surface area contributed by atoms with Crippen LogP contribution in [0.15, 0.2) is 23.3 Å². The molecule has 2 N–H and O–H groups in total. The van der Waals surface area contributed by atoms with Gasteiger partial charge in [-0.3, -0.25) is 14.9 Å². The van der Waals surface area contributed by atoms with Gasteiger partial charge in [-0.1, -0.05) is 6.92 Å². The van der Waals surface area contributed by atoms with E-state index in [1.54, 1.807) is 6.07 Å². The van der Waals surface area contributed by atoms with Crippen molar-refractivity contribution in [1.82, 2.24) is 9.97 Å². The topological polar surface area (TPSA) is 101 Å². The van der Waals surface area contributed by atoms with Crippen LogP contribution in [-0.4, -0.2) is 20.4 Å². The second-order valence-electron chi connectivity index (χ2n) is 5.49. The molecule has 1 aliphatic carbocycles. The van der Waals surface area contributed by atoms with Gasteiger partial charge >= 0.3 is 0 Å². The number of nitrogens with zero attached hydrogens (tertiary/aromatic N) is 2. The van der Waals surface area contributed by atoms with Crippen LogP contribution in [0.4, 0.5) is 11.4 Å². The Labute approximate surface area is 120 Å². The number of nitro benzene ring substituents is 1. The van der Waals surface area contributed by atoms with E-state index in [1.807, 2.05) is 0 Å². The van der Waals surface area contributed by atoms with Crippen molar-refractivity contribution in [3.8, 4) is 0 Å². The van der Waals surface area contributed by atoms with E-state index in [-0.39, 0.29) is 22.2 Å². The fourth-order valence-corrected chi connectivity index (χ4v) is 2.81. The summed E-state index contributed by atoms with van der Waals surface area (Å²) >= 11 is 0. The van der Waals surface area contributed by atoms with E-state index in [9.17, 15) is 14.9 Å². The smallest absolute Gasteiger partial charge is 0.293 e. The molecule has 3 rings (SSSR count). The van der Waals surface area contributed by atoms with Crippen LogP contribution in [0.2, 0.25) is 0 Å². The molecule has 0 saturated heterocycles. The standard InChI is InChI=1S/C14H16N4O3/c1-2-14(4-3-5-14)17-11-7-10-9(6-12(11)18(20)21)13(19)16-8-15-10/h6-8,17H,2-5H2,1H3,(H,15,16,19). The number of aromatic amines is 1. The van der Waals surface area contributed by atoms with Crippen molar-refractivity contribution < 1.29 is 4.92 Å². The first-order chi connectivity index (χ1) is 10.0. The summed E-state index contributed by atoms with van der Waals surface area (Å²) in [7, 11) is 0. The first-order valence-electron chi connectivity index (χ1n) is 6.99. The molecule has 1 saturated carbocycles. The average molecular weight is 288 g/mol. The molecule has 0 unspecified atom stereocenters. The van der Waals surface area contributed by atoms with Crippen LogP contribution in [0.25, 0.3) is 10.9 Å². The first-order valence-corrected chi connectivity index (χ1v) is 6.99. The molecular weight excluding hydrogens is 272 g/mol. The van der Waals surface area contributed by atoms with Gasteiger partial charge in [-0.2, -0.15) is 0 Å². The second-order valence-corrected chi connectivity index (χ2v) is 5.49. The maximum atomic E-state index is 11.7. The molecule has 2 aromatic rings. The lowest BCUT2D eigenvalue weighted by Crippen LogP contribution is -2.44. The van der Waals surface area contributed by atoms with Crippen molar-refractivity contribution in [3.05, 3.63) is 38.9 Å². The number of hydrogen-bond donors (Lipinski definition) is 2. The van der Waals surface area contributed by atoms with Crippen LogP contribution in [0.3, 0.4) is 0 Å². The Morgan fingerprint density at radius 3 is 2.81 bits per heavy atom. The molecule has 1 aliphatic rings. The largest absolute Gasteiger partial charge is 0.374 e. The number of H-pyrrole nitrogens is 1. The summed E-state index contributed by atoms with van der Waals surface area (Å²) < 4.78 is 0. The molecule has 0 spiro atoms. The molecule has 1 aromatic carbocycles. The average Bonchev–Trinajstić information content (AvgIpc) is 2.42. The number of nitro groups is 1. The third kappa shape index (κ3) is 2.24. The van der Waals surface area contributed by atoms with Crippen molar-refractivity contribution in [2.24, 2.45) is 0 Å². The fraction of sp³-hybridized carbons (Fsp3) is 0.429. The Kier molecular flexibility index (Phi) is 3.12. The predicted molar refractivity (Wildman–Crippen MR) is 79.5 cm³/mol. The van der Waals surface area contributed by atoms with Crippen LogP contribution in [0.5, 0.6) is 0 Å². The molecule has 0 atom stereocenters. The Hall–Kier alpha value is -2.44. The van der Waals surface area contributed by atoms with E-state index in [0.29, 0.717) is 11.2 Å². The van der Waals surface area contributed by atoms with Crippen LogP contribution in [0, 0.1) is 10.1 Å². The number of fused-ring (bicyclic) bond motifs is 1. The molecule has 0 bridgehead atoms. The Morgan fingerprint density at radius 2 is 2.24 bits per heavy atom. The zero-order valence-electron chi connectivity index (χ0n) is 11.7. The van der Waals surface area contributed by atoms with E-state index < -0.39 is 4.92 Å². The molecule has 7 heteroatoms. The molecule has 110 valence electrons. The summed E-state index contributed by atoms with van der Waals surface area (Å²) in [6.45, 7) is 2.07. The lowest BCUT2D eigenvalue weighted by atomic mass is 9.74. The number of rotatable bonds is 4. The van der Waals surface area contributed by atoms with Crippen molar-refractivity contribution in [3.63, 3.8) is 0 Å². The van der Waals surface area contributed by atoms with Crippen molar-refractivity contribution in [2.45, 2.75) is 38.1 Å². The third-order valence-electron chi connectivity index (χ3n) is 4.34. The molecule has 0 amide bonds. The Bertz CT molecular complexity index is 759. The van der Waals surface area contributed by atoms with Crippen LogP contribution in [-0.2, 0) is 0 Å². The van der Waals surface area contributed by atoms with E-state index in [0.717, 1.165) is 25.7 Å². The van der Waals surface area contributed by atoms with Gasteiger partial charge in [0.2, 0.25) is 0 Å². The number of hydrogen-bond acceptors (Lipinski definition) is 5. The van der Waals surface area contributed by atoms with E-state index in [1.165, 1.54) is 12.4 Å². The van der Waals surface area contributed by atoms with E-state index >= 15 is 0 Å².